The Morgan fingerprint density at radius 3 is 3.08 bits per heavy atom. The summed E-state index contributed by atoms with van der Waals surface area (Å²) in [6.07, 6.45) is 3.72. The molecule has 2 aromatic heterocycles. The van der Waals surface area contributed by atoms with Gasteiger partial charge < -0.3 is 9.64 Å². The highest BCUT2D eigenvalue weighted by Gasteiger charge is 2.32. The van der Waals surface area contributed by atoms with Crippen LogP contribution in [0.2, 0.25) is 0 Å². The van der Waals surface area contributed by atoms with Crippen LogP contribution in [0.25, 0.3) is 0 Å². The summed E-state index contributed by atoms with van der Waals surface area (Å²) in [4.78, 5) is 18.8. The third-order valence-corrected chi connectivity index (χ3v) is 4.28. The summed E-state index contributed by atoms with van der Waals surface area (Å²) in [7, 11) is 0. The Hall–Kier alpha value is -2.54. The summed E-state index contributed by atoms with van der Waals surface area (Å²) >= 11 is 0. The van der Waals surface area contributed by atoms with Gasteiger partial charge in [-0.25, -0.2) is 4.68 Å². The first kappa shape index (κ1) is 17.3. The second kappa shape index (κ2) is 8.02. The predicted molar refractivity (Wildman–Crippen MR) is 92.8 cm³/mol. The molecule has 1 amide bonds. The molecule has 0 radical (unpaired) electrons. The smallest absolute Gasteiger partial charge is 0.228 e. The molecule has 0 N–H and O–H groups in total. The van der Waals surface area contributed by atoms with Gasteiger partial charge in [-0.15, -0.1) is 11.7 Å². The Kier molecular flexibility index (Phi) is 5.55. The number of aryl methyl sites for hydroxylation is 1. The number of ether oxygens (including phenoxy) is 1. The van der Waals surface area contributed by atoms with Crippen molar-refractivity contribution in [3.05, 3.63) is 54.1 Å². The maximum absolute atomic E-state index is 12.7. The zero-order valence-electron chi connectivity index (χ0n) is 14.5. The predicted octanol–water partition coefficient (Wildman–Crippen LogP) is 1.56. The fourth-order valence-electron chi connectivity index (χ4n) is 3.13. The minimum Gasteiger partial charge on any atom is -0.377 e. The van der Waals surface area contributed by atoms with E-state index in [-0.39, 0.29) is 11.8 Å². The SMILES string of the molecule is C=CCOC[C@H]1CN(C(=O)Cc2ccccn2)Cc2nnn(CC)c21. The first-order chi connectivity index (χ1) is 12.2. The van der Waals surface area contributed by atoms with Gasteiger partial charge in [-0.3, -0.25) is 9.78 Å². The fraction of sp³-hybridized carbons (Fsp3) is 0.444. The highest BCUT2D eigenvalue weighted by Crippen LogP contribution is 2.27. The maximum atomic E-state index is 12.7. The lowest BCUT2D eigenvalue weighted by Crippen LogP contribution is -2.41. The summed E-state index contributed by atoms with van der Waals surface area (Å²) in [5.41, 5.74) is 2.71. The molecule has 0 aromatic carbocycles. The van der Waals surface area contributed by atoms with Crippen molar-refractivity contribution in [2.75, 3.05) is 19.8 Å². The molecule has 0 fully saturated rings. The van der Waals surface area contributed by atoms with E-state index in [1.165, 1.54) is 0 Å². The van der Waals surface area contributed by atoms with Gasteiger partial charge in [0, 0.05) is 30.9 Å². The van der Waals surface area contributed by atoms with Crippen molar-refractivity contribution in [2.24, 2.45) is 0 Å². The number of pyridine rings is 1. The number of rotatable bonds is 7. The number of hydrogen-bond donors (Lipinski definition) is 0. The number of nitrogens with zero attached hydrogens (tertiary/aromatic N) is 5. The Labute approximate surface area is 147 Å². The Morgan fingerprint density at radius 1 is 1.48 bits per heavy atom. The number of hydrogen-bond acceptors (Lipinski definition) is 5. The van der Waals surface area contributed by atoms with E-state index in [2.05, 4.69) is 21.9 Å². The summed E-state index contributed by atoms with van der Waals surface area (Å²) < 4.78 is 7.56. The molecule has 7 heteroatoms. The van der Waals surface area contributed by atoms with Crippen LogP contribution < -0.4 is 0 Å². The molecule has 0 spiro atoms. The molecule has 2 aromatic rings. The molecule has 0 bridgehead atoms. The molecule has 3 rings (SSSR count). The minimum absolute atomic E-state index is 0.0455. The van der Waals surface area contributed by atoms with E-state index in [9.17, 15) is 4.79 Å². The molecule has 7 nitrogen and oxygen atoms in total. The standard InChI is InChI=1S/C18H23N5O2/c1-3-9-25-13-14-11-22(12-16-18(14)23(4-2)21-20-16)17(24)10-15-7-5-6-8-19-15/h3,5-8,14H,1,4,9-13H2,2H3/t14-/m1/s1. The highest BCUT2D eigenvalue weighted by molar-refractivity contribution is 5.78. The molecule has 0 saturated heterocycles. The van der Waals surface area contributed by atoms with E-state index < -0.39 is 0 Å². The quantitative estimate of drug-likeness (QED) is 0.564. The van der Waals surface area contributed by atoms with Crippen molar-refractivity contribution in [1.29, 1.82) is 0 Å². The zero-order valence-corrected chi connectivity index (χ0v) is 14.5. The second-order valence-electron chi connectivity index (χ2n) is 6.03. The monoisotopic (exact) mass is 341 g/mol. The van der Waals surface area contributed by atoms with Crippen molar-refractivity contribution in [3.63, 3.8) is 0 Å². The molecule has 3 heterocycles. The summed E-state index contributed by atoms with van der Waals surface area (Å²) in [5.74, 6) is 0.107. The van der Waals surface area contributed by atoms with E-state index in [4.69, 9.17) is 4.74 Å². The fourth-order valence-corrected chi connectivity index (χ4v) is 3.13. The largest absolute Gasteiger partial charge is 0.377 e. The highest BCUT2D eigenvalue weighted by atomic mass is 16.5. The van der Waals surface area contributed by atoms with Crippen molar-refractivity contribution in [3.8, 4) is 0 Å². The Morgan fingerprint density at radius 2 is 2.36 bits per heavy atom. The van der Waals surface area contributed by atoms with Gasteiger partial charge in [-0.05, 0) is 19.1 Å². The van der Waals surface area contributed by atoms with Crippen LogP contribution >= 0.6 is 0 Å². The van der Waals surface area contributed by atoms with Gasteiger partial charge in [-0.2, -0.15) is 0 Å². The van der Waals surface area contributed by atoms with Crippen molar-refractivity contribution in [1.82, 2.24) is 24.9 Å². The molecular weight excluding hydrogens is 318 g/mol. The van der Waals surface area contributed by atoms with Crippen LogP contribution in [-0.2, 0) is 29.0 Å². The molecule has 1 aliphatic rings. The molecule has 1 atom stereocenters. The normalized spacial score (nSPS) is 16.5. The first-order valence-electron chi connectivity index (χ1n) is 8.51. The lowest BCUT2D eigenvalue weighted by molar-refractivity contribution is -0.132. The summed E-state index contributed by atoms with van der Waals surface area (Å²) in [6.45, 7) is 8.55. The number of carbonyl (C=O) groups excluding carboxylic acids is 1. The summed E-state index contributed by atoms with van der Waals surface area (Å²) in [6, 6.07) is 5.60. The molecule has 0 saturated carbocycles. The molecule has 25 heavy (non-hydrogen) atoms. The van der Waals surface area contributed by atoms with E-state index in [1.54, 1.807) is 12.3 Å². The third kappa shape index (κ3) is 3.93. The van der Waals surface area contributed by atoms with E-state index in [0.717, 1.165) is 23.6 Å². The summed E-state index contributed by atoms with van der Waals surface area (Å²) in [5, 5.41) is 8.49. The van der Waals surface area contributed by atoms with Gasteiger partial charge in [0.2, 0.25) is 5.91 Å². The minimum atomic E-state index is 0.0455. The van der Waals surface area contributed by atoms with Gasteiger partial charge in [-0.1, -0.05) is 17.4 Å². The van der Waals surface area contributed by atoms with Gasteiger partial charge in [0.1, 0.15) is 5.69 Å². The van der Waals surface area contributed by atoms with Crippen molar-refractivity contribution >= 4 is 5.91 Å². The molecule has 1 aliphatic heterocycles. The van der Waals surface area contributed by atoms with Gasteiger partial charge in [0.05, 0.1) is 31.9 Å². The van der Waals surface area contributed by atoms with Crippen LogP contribution in [-0.4, -0.2) is 50.5 Å². The van der Waals surface area contributed by atoms with Crippen molar-refractivity contribution < 1.29 is 9.53 Å². The molecular formula is C18H23N5O2. The maximum Gasteiger partial charge on any atom is 0.228 e. The third-order valence-electron chi connectivity index (χ3n) is 4.28. The first-order valence-corrected chi connectivity index (χ1v) is 8.51. The van der Waals surface area contributed by atoms with Crippen LogP contribution in [0, 0.1) is 0 Å². The number of aromatic nitrogens is 4. The van der Waals surface area contributed by atoms with E-state index >= 15 is 0 Å². The zero-order chi connectivity index (χ0) is 17.6. The second-order valence-corrected chi connectivity index (χ2v) is 6.03. The molecule has 0 aliphatic carbocycles. The number of fused-ring (bicyclic) bond motifs is 1. The number of amides is 1. The van der Waals surface area contributed by atoms with Gasteiger partial charge >= 0.3 is 0 Å². The van der Waals surface area contributed by atoms with Crippen LogP contribution in [0.3, 0.4) is 0 Å². The molecule has 0 unspecified atom stereocenters. The van der Waals surface area contributed by atoms with Crippen LogP contribution in [0.5, 0.6) is 0 Å². The lowest BCUT2D eigenvalue weighted by atomic mass is 9.98. The van der Waals surface area contributed by atoms with E-state index in [0.29, 0.717) is 32.7 Å². The van der Waals surface area contributed by atoms with Crippen LogP contribution in [0.4, 0.5) is 0 Å². The van der Waals surface area contributed by atoms with Gasteiger partial charge in [0.15, 0.2) is 0 Å². The Balaban J connectivity index is 1.76. The van der Waals surface area contributed by atoms with E-state index in [1.807, 2.05) is 34.7 Å². The average molecular weight is 341 g/mol. The van der Waals surface area contributed by atoms with Crippen LogP contribution in [0.15, 0.2) is 37.1 Å². The lowest BCUT2D eigenvalue weighted by Gasteiger charge is -2.32. The average Bonchev–Trinajstić information content (AvgIpc) is 3.06. The number of carbonyl (C=O) groups is 1. The molecule has 132 valence electrons. The van der Waals surface area contributed by atoms with Gasteiger partial charge in [0.25, 0.3) is 0 Å². The van der Waals surface area contributed by atoms with Crippen molar-refractivity contribution in [2.45, 2.75) is 32.4 Å². The topological polar surface area (TPSA) is 73.1 Å². The van der Waals surface area contributed by atoms with Crippen LogP contribution in [0.1, 0.15) is 29.9 Å². The Bertz CT molecular complexity index is 728.